The Balaban J connectivity index is 1.95. The number of para-hydroxylation sites is 1. The Kier molecular flexibility index (Phi) is 7.09. The zero-order valence-corrected chi connectivity index (χ0v) is 14.9. The van der Waals surface area contributed by atoms with Gasteiger partial charge in [0.25, 0.3) is 0 Å². The molecule has 2 N–H and O–H groups in total. The quantitative estimate of drug-likeness (QED) is 0.752. The summed E-state index contributed by atoms with van der Waals surface area (Å²) in [6, 6.07) is 15.2. The van der Waals surface area contributed by atoms with E-state index in [0.717, 1.165) is 25.3 Å². The number of carbonyl (C=O) groups is 1. The summed E-state index contributed by atoms with van der Waals surface area (Å²) in [6.07, 6.45) is 0. The minimum Gasteiger partial charge on any atom is -0.376 e. The minimum absolute atomic E-state index is 0.102. The van der Waals surface area contributed by atoms with Crippen molar-refractivity contribution >= 4 is 28.9 Å². The molecule has 5 heteroatoms. The molecule has 0 aliphatic heterocycles. The molecule has 0 radical (unpaired) electrons. The maximum absolute atomic E-state index is 12.1. The smallest absolute Gasteiger partial charge is 0.243 e. The number of nitrogens with zero attached hydrogens (tertiary/aromatic N) is 1. The Morgan fingerprint density at radius 2 is 1.83 bits per heavy atom. The van der Waals surface area contributed by atoms with Gasteiger partial charge in [0.15, 0.2) is 0 Å². The average Bonchev–Trinajstić information content (AvgIpc) is 2.58. The van der Waals surface area contributed by atoms with Crippen LogP contribution in [-0.2, 0) is 11.3 Å². The molecule has 24 heavy (non-hydrogen) atoms. The lowest BCUT2D eigenvalue weighted by Gasteiger charge is -2.20. The highest BCUT2D eigenvalue weighted by Crippen LogP contribution is 2.18. The van der Waals surface area contributed by atoms with Crippen molar-refractivity contribution in [3.05, 3.63) is 59.1 Å². The third-order valence-corrected chi connectivity index (χ3v) is 4.09. The number of amides is 1. The summed E-state index contributed by atoms with van der Waals surface area (Å²) in [4.78, 5) is 14.5. The second-order valence-corrected chi connectivity index (χ2v) is 5.97. The Hall–Kier alpha value is -2.04. The van der Waals surface area contributed by atoms with Crippen molar-refractivity contribution in [2.75, 3.05) is 30.3 Å². The first-order valence-electron chi connectivity index (χ1n) is 8.22. The molecule has 2 rings (SSSR count). The molecule has 0 saturated carbocycles. The number of rotatable bonds is 8. The molecule has 0 aliphatic carbocycles. The lowest BCUT2D eigenvalue weighted by atomic mass is 10.1. The van der Waals surface area contributed by atoms with E-state index < -0.39 is 0 Å². The SMILES string of the molecule is CCN(CC)Cc1ccccc1NCC(=O)Nc1cccc(Cl)c1. The fourth-order valence-corrected chi connectivity index (χ4v) is 2.66. The molecular formula is C19H24ClN3O. The summed E-state index contributed by atoms with van der Waals surface area (Å²) in [5, 5.41) is 6.67. The van der Waals surface area contributed by atoms with Crippen LogP contribution < -0.4 is 10.6 Å². The van der Waals surface area contributed by atoms with Gasteiger partial charge in [-0.25, -0.2) is 0 Å². The molecule has 1 amide bonds. The standard InChI is InChI=1S/C19H24ClN3O/c1-3-23(4-2)14-15-8-5-6-11-18(15)21-13-19(24)22-17-10-7-9-16(20)12-17/h5-12,21H,3-4,13-14H2,1-2H3,(H,22,24). The van der Waals surface area contributed by atoms with Crippen LogP contribution in [0.1, 0.15) is 19.4 Å². The molecule has 128 valence electrons. The van der Waals surface area contributed by atoms with Crippen LogP contribution >= 0.6 is 11.6 Å². The van der Waals surface area contributed by atoms with Gasteiger partial charge in [0.2, 0.25) is 5.91 Å². The molecule has 0 unspecified atom stereocenters. The number of nitrogens with one attached hydrogen (secondary N) is 2. The highest BCUT2D eigenvalue weighted by atomic mass is 35.5. The summed E-state index contributed by atoms with van der Waals surface area (Å²) < 4.78 is 0. The number of anilines is 2. The van der Waals surface area contributed by atoms with Gasteiger partial charge in [0.1, 0.15) is 0 Å². The Morgan fingerprint density at radius 1 is 1.08 bits per heavy atom. The normalized spacial score (nSPS) is 10.7. The zero-order chi connectivity index (χ0) is 17.4. The second kappa shape index (κ2) is 9.30. The van der Waals surface area contributed by atoms with Crippen molar-refractivity contribution in [3.63, 3.8) is 0 Å². The minimum atomic E-state index is -0.102. The van der Waals surface area contributed by atoms with Gasteiger partial charge in [-0.2, -0.15) is 0 Å². The van der Waals surface area contributed by atoms with Gasteiger partial charge < -0.3 is 10.6 Å². The number of hydrogen-bond donors (Lipinski definition) is 2. The predicted molar refractivity (Wildman–Crippen MR) is 102 cm³/mol. The van der Waals surface area contributed by atoms with Gasteiger partial charge in [-0.1, -0.05) is 49.7 Å². The number of benzene rings is 2. The van der Waals surface area contributed by atoms with E-state index >= 15 is 0 Å². The van der Waals surface area contributed by atoms with Gasteiger partial charge in [-0.05, 0) is 42.9 Å². The van der Waals surface area contributed by atoms with Crippen LogP contribution in [0.2, 0.25) is 5.02 Å². The van der Waals surface area contributed by atoms with Gasteiger partial charge >= 0.3 is 0 Å². The lowest BCUT2D eigenvalue weighted by Crippen LogP contribution is -2.25. The lowest BCUT2D eigenvalue weighted by molar-refractivity contribution is -0.114. The Bertz CT molecular complexity index is 671. The topological polar surface area (TPSA) is 44.4 Å². The molecule has 0 spiro atoms. The first-order valence-corrected chi connectivity index (χ1v) is 8.59. The first-order chi connectivity index (χ1) is 11.6. The Labute approximate surface area is 148 Å². The van der Waals surface area contributed by atoms with Gasteiger partial charge in [0.05, 0.1) is 6.54 Å². The first kappa shape index (κ1) is 18.3. The molecule has 2 aromatic carbocycles. The van der Waals surface area contributed by atoms with E-state index in [0.29, 0.717) is 10.7 Å². The highest BCUT2D eigenvalue weighted by Gasteiger charge is 2.08. The van der Waals surface area contributed by atoms with Crippen molar-refractivity contribution in [1.82, 2.24) is 4.90 Å². The van der Waals surface area contributed by atoms with Crippen LogP contribution in [0.4, 0.5) is 11.4 Å². The van der Waals surface area contributed by atoms with E-state index in [4.69, 9.17) is 11.6 Å². The number of halogens is 1. The molecule has 2 aromatic rings. The van der Waals surface area contributed by atoms with E-state index in [1.165, 1.54) is 5.56 Å². The highest BCUT2D eigenvalue weighted by molar-refractivity contribution is 6.30. The van der Waals surface area contributed by atoms with Gasteiger partial charge in [0, 0.05) is 22.9 Å². The van der Waals surface area contributed by atoms with Crippen LogP contribution in [0.15, 0.2) is 48.5 Å². The molecule has 0 heterocycles. The third-order valence-electron chi connectivity index (χ3n) is 3.85. The van der Waals surface area contributed by atoms with Crippen LogP contribution in [0.5, 0.6) is 0 Å². The van der Waals surface area contributed by atoms with Crippen molar-refractivity contribution in [1.29, 1.82) is 0 Å². The summed E-state index contributed by atoms with van der Waals surface area (Å²) in [7, 11) is 0. The zero-order valence-electron chi connectivity index (χ0n) is 14.2. The van der Waals surface area contributed by atoms with E-state index in [1.807, 2.05) is 30.3 Å². The maximum Gasteiger partial charge on any atom is 0.243 e. The Morgan fingerprint density at radius 3 is 2.54 bits per heavy atom. The van der Waals surface area contributed by atoms with E-state index in [-0.39, 0.29) is 12.5 Å². The molecule has 0 atom stereocenters. The largest absolute Gasteiger partial charge is 0.376 e. The predicted octanol–water partition coefficient (Wildman–Crippen LogP) is 4.23. The molecule has 0 saturated heterocycles. The van der Waals surface area contributed by atoms with Crippen LogP contribution in [0, 0.1) is 0 Å². The van der Waals surface area contributed by atoms with Crippen molar-refractivity contribution in [2.45, 2.75) is 20.4 Å². The number of carbonyl (C=O) groups excluding carboxylic acids is 1. The monoisotopic (exact) mass is 345 g/mol. The van der Waals surface area contributed by atoms with Crippen molar-refractivity contribution < 1.29 is 4.79 Å². The molecular weight excluding hydrogens is 322 g/mol. The van der Waals surface area contributed by atoms with Crippen LogP contribution in [0.3, 0.4) is 0 Å². The molecule has 0 bridgehead atoms. The molecule has 0 aromatic heterocycles. The molecule has 4 nitrogen and oxygen atoms in total. The fraction of sp³-hybridized carbons (Fsp3) is 0.316. The van der Waals surface area contributed by atoms with E-state index in [2.05, 4.69) is 35.4 Å². The average molecular weight is 346 g/mol. The molecule has 0 aliphatic rings. The van der Waals surface area contributed by atoms with Gasteiger partial charge in [-0.3, -0.25) is 9.69 Å². The van der Waals surface area contributed by atoms with Gasteiger partial charge in [-0.15, -0.1) is 0 Å². The summed E-state index contributed by atoms with van der Waals surface area (Å²) >= 11 is 5.93. The third kappa shape index (κ3) is 5.55. The maximum atomic E-state index is 12.1. The summed E-state index contributed by atoms with van der Waals surface area (Å²) in [5.41, 5.74) is 2.88. The summed E-state index contributed by atoms with van der Waals surface area (Å²) in [6.45, 7) is 7.38. The molecule has 0 fully saturated rings. The second-order valence-electron chi connectivity index (χ2n) is 5.53. The van der Waals surface area contributed by atoms with Crippen molar-refractivity contribution in [3.8, 4) is 0 Å². The summed E-state index contributed by atoms with van der Waals surface area (Å²) in [5.74, 6) is -0.102. The van der Waals surface area contributed by atoms with Crippen LogP contribution in [0.25, 0.3) is 0 Å². The van der Waals surface area contributed by atoms with E-state index in [1.54, 1.807) is 12.1 Å². The van der Waals surface area contributed by atoms with Crippen LogP contribution in [-0.4, -0.2) is 30.4 Å². The van der Waals surface area contributed by atoms with E-state index in [9.17, 15) is 4.79 Å². The number of hydrogen-bond acceptors (Lipinski definition) is 3. The van der Waals surface area contributed by atoms with Crippen molar-refractivity contribution in [2.24, 2.45) is 0 Å². The fourth-order valence-electron chi connectivity index (χ4n) is 2.47.